The third-order valence-electron chi connectivity index (χ3n) is 9.41. The predicted molar refractivity (Wildman–Crippen MR) is 199 cm³/mol. The fourth-order valence-corrected chi connectivity index (χ4v) is 8.97. The van der Waals surface area contributed by atoms with Crippen LogP contribution in [0.3, 0.4) is 0 Å². The first-order chi connectivity index (χ1) is 22.7. The van der Waals surface area contributed by atoms with Crippen LogP contribution in [0, 0.1) is 12.1 Å². The fourth-order valence-electron chi connectivity index (χ4n) is 6.79. The molecule has 3 heterocycles. The second-order valence-electron chi connectivity index (χ2n) is 13.8. The van der Waals surface area contributed by atoms with Crippen molar-refractivity contribution < 1.29 is 21.1 Å². The molecule has 0 atom stereocenters. The number of fused-ring (bicyclic) bond motifs is 4. The first kappa shape index (κ1) is 32.0. The molecule has 0 spiro atoms. The van der Waals surface area contributed by atoms with E-state index in [-0.39, 0.29) is 26.6 Å². The number of imidazole rings is 1. The van der Waals surface area contributed by atoms with Gasteiger partial charge in [0.15, 0.2) is 17.4 Å². The van der Waals surface area contributed by atoms with E-state index in [1.165, 1.54) is 37.7 Å². The Balaban J connectivity index is 0.00000364. The van der Waals surface area contributed by atoms with E-state index < -0.39 is 8.07 Å². The molecular weight excluding hydrogens is 784 g/mol. The Kier molecular flexibility index (Phi) is 8.10. The molecule has 0 radical (unpaired) electrons. The van der Waals surface area contributed by atoms with Crippen LogP contribution in [0.5, 0.6) is 0 Å². The van der Waals surface area contributed by atoms with Gasteiger partial charge in [-0.15, -0.1) is 17.5 Å². The van der Waals surface area contributed by atoms with Crippen molar-refractivity contribution in [1.29, 1.82) is 0 Å². The molecule has 0 amide bonds. The van der Waals surface area contributed by atoms with Gasteiger partial charge in [0.1, 0.15) is 5.82 Å². The summed E-state index contributed by atoms with van der Waals surface area (Å²) >= 11 is 0. The average molecular weight is 821 g/mol. The summed E-state index contributed by atoms with van der Waals surface area (Å²) < 4.78 is 6.92. The fraction of sp³-hybridized carbons (Fsp3) is 0.143. The minimum Gasteiger partial charge on any atom is -0.319 e. The largest absolute Gasteiger partial charge is 0.319 e. The van der Waals surface area contributed by atoms with Gasteiger partial charge in [-0.3, -0.25) is 0 Å². The van der Waals surface area contributed by atoms with Gasteiger partial charge in [-0.25, -0.2) is 14.1 Å². The quantitative estimate of drug-likeness (QED) is 0.126. The van der Waals surface area contributed by atoms with E-state index in [0.717, 1.165) is 28.1 Å². The van der Waals surface area contributed by atoms with Crippen molar-refractivity contribution in [3.63, 3.8) is 0 Å². The summed E-state index contributed by atoms with van der Waals surface area (Å²) in [7, 11) is -2.24. The number of pyridine rings is 1. The zero-order valence-electron chi connectivity index (χ0n) is 27.8. The molecule has 3 aromatic heterocycles. The van der Waals surface area contributed by atoms with Gasteiger partial charge in [-0.05, 0) is 67.6 Å². The zero-order valence-corrected chi connectivity index (χ0v) is 31.1. The van der Waals surface area contributed by atoms with Crippen LogP contribution in [0.1, 0.15) is 20.8 Å². The molecule has 0 aliphatic heterocycles. The third kappa shape index (κ3) is 5.36. The maximum atomic E-state index is 4.89. The molecule has 0 saturated carbocycles. The van der Waals surface area contributed by atoms with Gasteiger partial charge in [-0.1, -0.05) is 67.1 Å². The molecule has 0 unspecified atom stereocenters. The predicted octanol–water partition coefficient (Wildman–Crippen LogP) is 9.05. The van der Waals surface area contributed by atoms with Crippen molar-refractivity contribution in [3.05, 3.63) is 146 Å². The molecule has 6 heteroatoms. The smallest absolute Gasteiger partial charge is 0.188 e. The van der Waals surface area contributed by atoms with Gasteiger partial charge in [-0.2, -0.15) is 40.7 Å². The molecule has 48 heavy (non-hydrogen) atoms. The summed E-state index contributed by atoms with van der Waals surface area (Å²) in [5.41, 5.74) is 7.91. The summed E-state index contributed by atoms with van der Waals surface area (Å²) in [5.74, 6) is 0.894. The van der Waals surface area contributed by atoms with Gasteiger partial charge in [0.2, 0.25) is 0 Å². The molecule has 0 fully saturated rings. The Bertz CT molecular complexity index is 2430. The monoisotopic (exact) mass is 820 g/mol. The summed E-state index contributed by atoms with van der Waals surface area (Å²) in [6.45, 7) is 11.6. The van der Waals surface area contributed by atoms with Crippen molar-refractivity contribution in [1.82, 2.24) is 18.7 Å². The van der Waals surface area contributed by atoms with Gasteiger partial charge < -0.3 is 4.57 Å². The maximum absolute atomic E-state index is 4.89. The van der Waals surface area contributed by atoms with E-state index in [2.05, 4.69) is 187 Å². The molecule has 0 saturated heterocycles. The average Bonchev–Trinajstić information content (AvgIpc) is 3.65. The van der Waals surface area contributed by atoms with Crippen LogP contribution in [0.4, 0.5) is 0 Å². The zero-order chi connectivity index (χ0) is 32.3. The van der Waals surface area contributed by atoms with Gasteiger partial charge in [0.25, 0.3) is 0 Å². The normalized spacial score (nSPS) is 12.1. The summed E-state index contributed by atoms with van der Waals surface area (Å²) in [4.78, 5) is 4.89. The number of nitrogens with zero attached hydrogens (tertiary/aromatic N) is 4. The van der Waals surface area contributed by atoms with Gasteiger partial charge >= 0.3 is 0 Å². The molecular formula is C42H37N4PtSi-. The summed E-state index contributed by atoms with van der Waals surface area (Å²) in [5, 5.41) is 4.88. The first-order valence-electron chi connectivity index (χ1n) is 16.2. The molecule has 0 bridgehead atoms. The van der Waals surface area contributed by atoms with Crippen LogP contribution < -0.4 is 10.4 Å². The van der Waals surface area contributed by atoms with Gasteiger partial charge in [0, 0.05) is 50.6 Å². The van der Waals surface area contributed by atoms with Crippen LogP contribution in [0.15, 0.2) is 134 Å². The number of hydrogen-bond donors (Lipinski definition) is 0. The second-order valence-corrected chi connectivity index (χ2v) is 18.2. The Morgan fingerprint density at radius 1 is 0.646 bits per heavy atom. The summed E-state index contributed by atoms with van der Waals surface area (Å²) in [6.07, 6.45) is 4.14. The second kappa shape index (κ2) is 12.1. The van der Waals surface area contributed by atoms with E-state index in [1.807, 2.05) is 6.20 Å². The molecule has 0 N–H and O–H groups in total. The SMILES string of the molecule is CC(C)(C)n1[cH+]n(-c2[c-]c([Si](C)(C)c3[c-]c4c(cc3)c3ccccc3n4-c3cc(-c4ccccc4)ccn3)ccc2)c2ccccc21.[Pt]. The maximum Gasteiger partial charge on any atom is 0.188 e. The van der Waals surface area contributed by atoms with Crippen LogP contribution >= 0.6 is 0 Å². The van der Waals surface area contributed by atoms with E-state index in [0.29, 0.717) is 0 Å². The Morgan fingerprint density at radius 2 is 1.33 bits per heavy atom. The van der Waals surface area contributed by atoms with Crippen LogP contribution in [0.2, 0.25) is 13.1 Å². The van der Waals surface area contributed by atoms with Crippen LogP contribution in [0.25, 0.3) is 55.5 Å². The Morgan fingerprint density at radius 3 is 2.10 bits per heavy atom. The van der Waals surface area contributed by atoms with Crippen molar-refractivity contribution in [3.8, 4) is 22.6 Å². The van der Waals surface area contributed by atoms with E-state index in [1.54, 1.807) is 0 Å². The molecule has 240 valence electrons. The number of aromatic nitrogens is 4. The number of rotatable bonds is 5. The Hall–Kier alpha value is -4.57. The minimum atomic E-state index is -2.24. The van der Waals surface area contributed by atoms with Crippen molar-refractivity contribution in [2.75, 3.05) is 0 Å². The van der Waals surface area contributed by atoms with Crippen LogP contribution in [-0.4, -0.2) is 26.8 Å². The minimum absolute atomic E-state index is 0. The Labute approximate surface area is 297 Å². The molecule has 8 aromatic rings. The standard InChI is InChI=1S/C42H37N4Si.Pt/c1-42(2,3)45-29-44(38-20-11-12-21-39(38)45)32-16-13-17-33(27-32)47(4,5)34-22-23-36-35-18-9-10-19-37(35)46(40(36)28-34)41-26-31(24-25-43-41)30-14-7-6-8-15-30;/h6-26,29H,1-5H3;/q-1;. The first-order valence-corrected chi connectivity index (χ1v) is 19.2. The molecule has 4 nitrogen and oxygen atoms in total. The third-order valence-corrected chi connectivity index (χ3v) is 12.7. The van der Waals surface area contributed by atoms with E-state index >= 15 is 0 Å². The molecule has 0 aliphatic rings. The van der Waals surface area contributed by atoms with Crippen molar-refractivity contribution >= 4 is 51.3 Å². The molecule has 5 aromatic carbocycles. The van der Waals surface area contributed by atoms with E-state index in [9.17, 15) is 0 Å². The van der Waals surface area contributed by atoms with E-state index in [4.69, 9.17) is 4.98 Å². The molecule has 8 rings (SSSR count). The molecule has 0 aliphatic carbocycles. The van der Waals surface area contributed by atoms with Gasteiger partial charge in [0.05, 0.1) is 13.6 Å². The van der Waals surface area contributed by atoms with Crippen molar-refractivity contribution in [2.24, 2.45) is 0 Å². The summed E-state index contributed by atoms with van der Waals surface area (Å²) in [6, 6.07) is 51.0. The topological polar surface area (TPSA) is 27.7 Å². The van der Waals surface area contributed by atoms with Crippen LogP contribution in [-0.2, 0) is 26.6 Å². The number of hydrogen-bond acceptors (Lipinski definition) is 1. The van der Waals surface area contributed by atoms with Crippen molar-refractivity contribution in [2.45, 2.75) is 39.4 Å². The number of benzene rings is 5. The number of para-hydroxylation sites is 3.